The maximum atomic E-state index is 12.8. The molecule has 2 rings (SSSR count). The van der Waals surface area contributed by atoms with Crippen molar-refractivity contribution in [1.82, 2.24) is 9.88 Å². The summed E-state index contributed by atoms with van der Waals surface area (Å²) in [6.07, 6.45) is 0.333. The van der Waals surface area contributed by atoms with Gasteiger partial charge in [-0.2, -0.15) is 13.2 Å². The molecule has 1 aliphatic rings. The third kappa shape index (κ3) is 3.92. The fourth-order valence-corrected chi connectivity index (χ4v) is 3.23. The maximum absolute atomic E-state index is 12.8. The van der Waals surface area contributed by atoms with Gasteiger partial charge in [-0.15, -0.1) is 11.3 Å². The van der Waals surface area contributed by atoms with E-state index in [1.54, 1.807) is 0 Å². The van der Waals surface area contributed by atoms with Gasteiger partial charge >= 0.3 is 6.18 Å². The van der Waals surface area contributed by atoms with Crippen molar-refractivity contribution in [3.05, 3.63) is 16.1 Å². The molecule has 1 saturated carbocycles. The zero-order chi connectivity index (χ0) is 13.9. The highest BCUT2D eigenvalue weighted by Gasteiger charge is 2.36. The number of hydrogen-bond donors (Lipinski definition) is 0. The molecule has 0 aromatic carbocycles. The van der Waals surface area contributed by atoms with E-state index >= 15 is 0 Å². The van der Waals surface area contributed by atoms with E-state index in [2.05, 4.69) is 16.8 Å². The molecule has 2 nitrogen and oxygen atoms in total. The Morgan fingerprint density at radius 3 is 2.68 bits per heavy atom. The number of thiazole rings is 1. The number of hydrogen-bond acceptors (Lipinski definition) is 3. The van der Waals surface area contributed by atoms with Gasteiger partial charge in [-0.05, 0) is 31.7 Å². The first-order chi connectivity index (χ1) is 9.00. The lowest BCUT2D eigenvalue weighted by Crippen LogP contribution is -2.33. The van der Waals surface area contributed by atoms with Gasteiger partial charge in [0, 0.05) is 13.1 Å². The molecular weight excluding hydrogens is 273 g/mol. The second-order valence-corrected chi connectivity index (χ2v) is 6.09. The lowest BCUT2D eigenvalue weighted by atomic mass is 9.85. The molecule has 0 saturated heterocycles. The summed E-state index contributed by atoms with van der Waals surface area (Å²) in [5.41, 5.74) is 0.596. The molecule has 0 radical (unpaired) electrons. The Hall–Kier alpha value is -0.620. The smallest absolute Gasteiger partial charge is 0.298 e. The number of halogens is 3. The summed E-state index contributed by atoms with van der Waals surface area (Å²) in [5, 5.41) is 0. The Bertz CT molecular complexity index is 399. The van der Waals surface area contributed by atoms with Crippen LogP contribution in [0.1, 0.15) is 43.2 Å². The second-order valence-electron chi connectivity index (χ2n) is 5.15. The first-order valence-corrected chi connectivity index (χ1v) is 7.60. The van der Waals surface area contributed by atoms with Crippen molar-refractivity contribution in [2.75, 3.05) is 13.1 Å². The Morgan fingerprint density at radius 1 is 1.42 bits per heavy atom. The summed E-state index contributed by atoms with van der Waals surface area (Å²) >= 11 is 1.11. The van der Waals surface area contributed by atoms with Crippen LogP contribution in [-0.2, 0) is 12.7 Å². The summed E-state index contributed by atoms with van der Waals surface area (Å²) in [5.74, 6) is 0.675. The van der Waals surface area contributed by atoms with E-state index in [-0.39, 0.29) is 0 Å². The summed E-state index contributed by atoms with van der Waals surface area (Å²) < 4.78 is 38.4. The van der Waals surface area contributed by atoms with Crippen LogP contribution < -0.4 is 0 Å². The molecule has 1 aromatic heterocycles. The van der Waals surface area contributed by atoms with E-state index in [0.717, 1.165) is 30.8 Å². The van der Waals surface area contributed by atoms with Crippen molar-refractivity contribution < 1.29 is 13.2 Å². The predicted octanol–water partition coefficient (Wildman–Crippen LogP) is 4.17. The minimum Gasteiger partial charge on any atom is -0.298 e. The monoisotopic (exact) mass is 292 g/mol. The highest BCUT2D eigenvalue weighted by atomic mass is 32.1. The van der Waals surface area contributed by atoms with Crippen LogP contribution in [0.5, 0.6) is 0 Å². The predicted molar refractivity (Wildman–Crippen MR) is 70.0 cm³/mol. The first kappa shape index (κ1) is 14.8. The lowest BCUT2D eigenvalue weighted by molar-refractivity contribution is -0.141. The van der Waals surface area contributed by atoms with Crippen LogP contribution in [0.4, 0.5) is 13.2 Å². The van der Waals surface area contributed by atoms with Crippen LogP contribution in [0.3, 0.4) is 0 Å². The number of nitrogens with zero attached hydrogens (tertiary/aromatic N) is 2. The number of alkyl halides is 3. The maximum Gasteiger partial charge on any atom is 0.434 e. The molecule has 0 bridgehead atoms. The Morgan fingerprint density at radius 2 is 2.16 bits per heavy atom. The molecule has 1 aliphatic carbocycles. The average Bonchev–Trinajstić information content (AvgIpc) is 2.71. The Kier molecular flexibility index (Phi) is 4.84. The van der Waals surface area contributed by atoms with Gasteiger partial charge in [0.1, 0.15) is 0 Å². The lowest BCUT2D eigenvalue weighted by Gasteiger charge is -2.32. The fourth-order valence-electron chi connectivity index (χ4n) is 2.41. The van der Waals surface area contributed by atoms with Crippen LogP contribution in [0.15, 0.2) is 5.51 Å². The van der Waals surface area contributed by atoms with Gasteiger partial charge in [0.2, 0.25) is 0 Å². The van der Waals surface area contributed by atoms with E-state index in [0.29, 0.717) is 17.3 Å². The van der Waals surface area contributed by atoms with Crippen LogP contribution in [0.25, 0.3) is 0 Å². The van der Waals surface area contributed by atoms with Gasteiger partial charge < -0.3 is 0 Å². The van der Waals surface area contributed by atoms with E-state index in [1.165, 1.54) is 24.8 Å². The largest absolute Gasteiger partial charge is 0.434 e. The minimum absolute atomic E-state index is 0.347. The zero-order valence-corrected chi connectivity index (χ0v) is 11.9. The normalized spacial score (nSPS) is 16.9. The molecule has 6 heteroatoms. The molecule has 0 atom stereocenters. The third-order valence-electron chi connectivity index (χ3n) is 3.56. The van der Waals surface area contributed by atoms with Crippen LogP contribution in [-0.4, -0.2) is 23.0 Å². The topological polar surface area (TPSA) is 16.1 Å². The molecule has 19 heavy (non-hydrogen) atoms. The van der Waals surface area contributed by atoms with Crippen molar-refractivity contribution in [1.29, 1.82) is 0 Å². The molecule has 108 valence electrons. The summed E-state index contributed by atoms with van der Waals surface area (Å²) in [6.45, 7) is 4.21. The van der Waals surface area contributed by atoms with Crippen molar-refractivity contribution in [3.8, 4) is 0 Å². The molecule has 0 amide bonds. The van der Waals surface area contributed by atoms with Gasteiger partial charge in [0.25, 0.3) is 0 Å². The highest BCUT2D eigenvalue weighted by molar-refractivity contribution is 7.09. The van der Waals surface area contributed by atoms with E-state index in [9.17, 15) is 13.2 Å². The summed E-state index contributed by atoms with van der Waals surface area (Å²) in [4.78, 5) is 5.97. The van der Waals surface area contributed by atoms with Gasteiger partial charge in [-0.3, -0.25) is 4.90 Å². The molecular formula is C13H19F3N2S. The SMILES string of the molecule is CCCN(Cc1scnc1C(F)(F)F)CC1CCC1. The second kappa shape index (κ2) is 6.22. The summed E-state index contributed by atoms with van der Waals surface area (Å²) in [6, 6.07) is 0. The zero-order valence-electron chi connectivity index (χ0n) is 11.0. The average molecular weight is 292 g/mol. The van der Waals surface area contributed by atoms with Crippen molar-refractivity contribution in [3.63, 3.8) is 0 Å². The van der Waals surface area contributed by atoms with Crippen LogP contribution in [0.2, 0.25) is 0 Å². The molecule has 1 fully saturated rings. The van der Waals surface area contributed by atoms with Gasteiger partial charge in [-0.25, -0.2) is 4.98 Å². The van der Waals surface area contributed by atoms with Gasteiger partial charge in [0.05, 0.1) is 10.4 Å². The fraction of sp³-hybridized carbons (Fsp3) is 0.769. The molecule has 0 spiro atoms. The van der Waals surface area contributed by atoms with Crippen LogP contribution >= 0.6 is 11.3 Å². The third-order valence-corrected chi connectivity index (χ3v) is 4.38. The van der Waals surface area contributed by atoms with Crippen molar-refractivity contribution in [2.45, 2.75) is 45.3 Å². The summed E-state index contributed by atoms with van der Waals surface area (Å²) in [7, 11) is 0. The molecule has 1 heterocycles. The standard InChI is InChI=1S/C13H19F3N2S/c1-2-6-18(7-10-4-3-5-10)8-11-12(13(14,15)16)17-9-19-11/h9-10H,2-8H2,1H3. The van der Waals surface area contributed by atoms with Gasteiger partial charge in [-0.1, -0.05) is 13.3 Å². The Balaban J connectivity index is 2.01. The molecule has 0 N–H and O–H groups in total. The first-order valence-electron chi connectivity index (χ1n) is 6.72. The number of rotatable bonds is 6. The molecule has 0 aliphatic heterocycles. The van der Waals surface area contributed by atoms with Crippen LogP contribution in [0, 0.1) is 5.92 Å². The van der Waals surface area contributed by atoms with Crippen molar-refractivity contribution >= 4 is 11.3 Å². The molecule has 0 unspecified atom stereocenters. The van der Waals surface area contributed by atoms with E-state index in [4.69, 9.17) is 0 Å². The van der Waals surface area contributed by atoms with E-state index in [1.807, 2.05) is 0 Å². The highest BCUT2D eigenvalue weighted by Crippen LogP contribution is 2.34. The number of aromatic nitrogens is 1. The minimum atomic E-state index is -4.33. The molecule has 1 aromatic rings. The van der Waals surface area contributed by atoms with Crippen molar-refractivity contribution in [2.24, 2.45) is 5.92 Å². The quantitative estimate of drug-likeness (QED) is 0.782. The van der Waals surface area contributed by atoms with Gasteiger partial charge in [0.15, 0.2) is 5.69 Å². The Labute approximate surface area is 115 Å². The van der Waals surface area contributed by atoms with E-state index < -0.39 is 11.9 Å².